The van der Waals surface area contributed by atoms with Crippen molar-refractivity contribution in [3.05, 3.63) is 34.3 Å². The Hall–Kier alpha value is -0.340. The first kappa shape index (κ1) is 10.8. The van der Waals surface area contributed by atoms with Crippen molar-refractivity contribution in [2.24, 2.45) is 0 Å². The Bertz CT molecular complexity index is 344. The Morgan fingerprint density at radius 2 is 1.62 bits per heavy atom. The van der Waals surface area contributed by atoms with Crippen molar-refractivity contribution in [2.75, 3.05) is 0 Å². The van der Waals surface area contributed by atoms with Crippen molar-refractivity contribution in [1.29, 1.82) is 0 Å². The number of halogens is 1. The van der Waals surface area contributed by atoms with E-state index in [1.807, 2.05) is 0 Å². The van der Waals surface area contributed by atoms with E-state index in [1.54, 1.807) is 0 Å². The van der Waals surface area contributed by atoms with Gasteiger partial charge in [0.25, 0.3) is 0 Å². The van der Waals surface area contributed by atoms with Gasteiger partial charge in [-0.1, -0.05) is 34.5 Å². The third-order valence-corrected chi connectivity index (χ3v) is 4.65. The molecule has 0 unspecified atom stereocenters. The van der Waals surface area contributed by atoms with E-state index in [-0.39, 0.29) is 0 Å². The summed E-state index contributed by atoms with van der Waals surface area (Å²) in [5.41, 5.74) is 1.46. The van der Waals surface area contributed by atoms with Crippen LogP contribution in [0.3, 0.4) is 0 Å². The number of fused-ring (bicyclic) bond motifs is 2. The van der Waals surface area contributed by atoms with E-state index in [9.17, 15) is 0 Å². The summed E-state index contributed by atoms with van der Waals surface area (Å²) in [6.45, 7) is 1.16. The third kappa shape index (κ3) is 2.05. The van der Waals surface area contributed by atoms with E-state index in [4.69, 9.17) is 0 Å². The van der Waals surface area contributed by atoms with E-state index < -0.39 is 0 Å². The first-order valence-corrected chi connectivity index (χ1v) is 7.12. The number of hydrogen-bond donors (Lipinski definition) is 0. The van der Waals surface area contributed by atoms with Crippen LogP contribution in [0.1, 0.15) is 37.7 Å². The van der Waals surface area contributed by atoms with E-state index in [1.165, 1.54) is 42.1 Å². The number of hydrogen-bond acceptors (Lipinski definition) is 1. The summed E-state index contributed by atoms with van der Waals surface area (Å²) in [5.74, 6) is 0. The molecule has 2 saturated heterocycles. The minimum absolute atomic E-state index is 0.877. The minimum Gasteiger partial charge on any atom is -0.293 e. The van der Waals surface area contributed by atoms with Crippen molar-refractivity contribution >= 4 is 15.9 Å². The average molecular weight is 280 g/mol. The van der Waals surface area contributed by atoms with Gasteiger partial charge in [0.15, 0.2) is 0 Å². The van der Waals surface area contributed by atoms with Crippen LogP contribution in [0.25, 0.3) is 0 Å². The Kier molecular flexibility index (Phi) is 3.03. The van der Waals surface area contributed by atoms with Gasteiger partial charge in [0.1, 0.15) is 0 Å². The second-order valence-electron chi connectivity index (χ2n) is 5.11. The number of rotatable bonds is 2. The molecule has 2 heteroatoms. The van der Waals surface area contributed by atoms with E-state index in [0.717, 1.165) is 18.6 Å². The maximum atomic E-state index is 3.49. The Labute approximate surface area is 106 Å². The summed E-state index contributed by atoms with van der Waals surface area (Å²) in [4.78, 5) is 2.74. The predicted octanol–water partition coefficient (Wildman–Crippen LogP) is 3.97. The molecule has 1 nitrogen and oxygen atoms in total. The standard InChI is InChI=1S/C14H18BrN/c15-12-6-4-11(5-7-12)10-16-13-2-1-3-14(16)9-8-13/h4-7,13-14H,1-3,8-10H2/t13-,14+. The fourth-order valence-electron chi connectivity index (χ4n) is 3.28. The zero-order chi connectivity index (χ0) is 11.0. The Morgan fingerprint density at radius 3 is 2.25 bits per heavy atom. The summed E-state index contributed by atoms with van der Waals surface area (Å²) in [5, 5.41) is 0. The molecule has 0 amide bonds. The van der Waals surface area contributed by atoms with Crippen LogP contribution >= 0.6 is 15.9 Å². The molecule has 0 aromatic heterocycles. The summed E-state index contributed by atoms with van der Waals surface area (Å²) in [6, 6.07) is 10.6. The van der Waals surface area contributed by atoms with Crippen LogP contribution in [0.5, 0.6) is 0 Å². The summed E-state index contributed by atoms with van der Waals surface area (Å²) >= 11 is 3.49. The van der Waals surface area contributed by atoms with Gasteiger partial charge in [-0.05, 0) is 43.4 Å². The highest BCUT2D eigenvalue weighted by Gasteiger charge is 2.35. The van der Waals surface area contributed by atoms with E-state index >= 15 is 0 Å². The van der Waals surface area contributed by atoms with Gasteiger partial charge >= 0.3 is 0 Å². The first-order chi connectivity index (χ1) is 7.83. The molecule has 2 aliphatic rings. The number of benzene rings is 1. The largest absolute Gasteiger partial charge is 0.293 e. The molecule has 3 rings (SSSR count). The van der Waals surface area contributed by atoms with Crippen molar-refractivity contribution < 1.29 is 0 Å². The van der Waals surface area contributed by atoms with Crippen LogP contribution in [0.4, 0.5) is 0 Å². The topological polar surface area (TPSA) is 3.24 Å². The molecule has 2 aliphatic heterocycles. The van der Waals surface area contributed by atoms with E-state index in [2.05, 4.69) is 45.1 Å². The molecule has 86 valence electrons. The van der Waals surface area contributed by atoms with Crippen LogP contribution in [-0.4, -0.2) is 17.0 Å². The molecule has 0 radical (unpaired) electrons. The van der Waals surface area contributed by atoms with Gasteiger partial charge in [-0.15, -0.1) is 0 Å². The van der Waals surface area contributed by atoms with Crippen LogP contribution in [0.2, 0.25) is 0 Å². The zero-order valence-electron chi connectivity index (χ0n) is 9.53. The van der Waals surface area contributed by atoms with Gasteiger partial charge < -0.3 is 0 Å². The molecule has 2 fully saturated rings. The van der Waals surface area contributed by atoms with Crippen molar-refractivity contribution in [3.8, 4) is 0 Å². The predicted molar refractivity (Wildman–Crippen MR) is 70.3 cm³/mol. The second-order valence-corrected chi connectivity index (χ2v) is 6.03. The molecular weight excluding hydrogens is 262 g/mol. The molecule has 0 saturated carbocycles. The maximum absolute atomic E-state index is 3.49. The van der Waals surface area contributed by atoms with Crippen molar-refractivity contribution in [2.45, 2.75) is 50.7 Å². The lowest BCUT2D eigenvalue weighted by Crippen LogP contribution is -2.38. The fraction of sp³-hybridized carbons (Fsp3) is 0.571. The molecule has 0 aliphatic carbocycles. The second kappa shape index (κ2) is 4.50. The van der Waals surface area contributed by atoms with E-state index in [0.29, 0.717) is 0 Å². The monoisotopic (exact) mass is 279 g/mol. The highest BCUT2D eigenvalue weighted by Crippen LogP contribution is 2.36. The van der Waals surface area contributed by atoms with Crippen molar-refractivity contribution in [1.82, 2.24) is 4.90 Å². The lowest BCUT2D eigenvalue weighted by atomic mass is 10.0. The lowest BCUT2D eigenvalue weighted by Gasteiger charge is -2.34. The summed E-state index contributed by atoms with van der Waals surface area (Å²) in [7, 11) is 0. The Morgan fingerprint density at radius 1 is 1.00 bits per heavy atom. The van der Waals surface area contributed by atoms with Crippen molar-refractivity contribution in [3.63, 3.8) is 0 Å². The summed E-state index contributed by atoms with van der Waals surface area (Å²) < 4.78 is 1.18. The third-order valence-electron chi connectivity index (χ3n) is 4.12. The van der Waals surface area contributed by atoms with Crippen LogP contribution in [0.15, 0.2) is 28.7 Å². The SMILES string of the molecule is Brc1ccc(CN2[C@@H]3CCC[C@H]2CC3)cc1. The molecule has 1 aromatic carbocycles. The summed E-state index contributed by atoms with van der Waals surface area (Å²) in [6.07, 6.45) is 7.16. The van der Waals surface area contributed by atoms with Gasteiger partial charge in [0.05, 0.1) is 0 Å². The molecule has 2 atom stereocenters. The molecule has 2 heterocycles. The van der Waals surface area contributed by atoms with Gasteiger partial charge in [0, 0.05) is 23.1 Å². The molecule has 0 spiro atoms. The van der Waals surface area contributed by atoms with Gasteiger partial charge in [-0.3, -0.25) is 4.90 Å². The smallest absolute Gasteiger partial charge is 0.0239 e. The maximum Gasteiger partial charge on any atom is 0.0239 e. The normalized spacial score (nSPS) is 29.6. The molecule has 16 heavy (non-hydrogen) atoms. The fourth-order valence-corrected chi connectivity index (χ4v) is 3.55. The number of nitrogens with zero attached hydrogens (tertiary/aromatic N) is 1. The highest BCUT2D eigenvalue weighted by atomic mass is 79.9. The molecule has 1 aromatic rings. The lowest BCUT2D eigenvalue weighted by molar-refractivity contribution is 0.132. The van der Waals surface area contributed by atoms with Gasteiger partial charge in [-0.2, -0.15) is 0 Å². The Balaban J connectivity index is 1.72. The van der Waals surface area contributed by atoms with Gasteiger partial charge in [0.2, 0.25) is 0 Å². The highest BCUT2D eigenvalue weighted by molar-refractivity contribution is 9.10. The number of piperidine rings is 1. The van der Waals surface area contributed by atoms with Gasteiger partial charge in [-0.25, -0.2) is 0 Å². The van der Waals surface area contributed by atoms with Crippen LogP contribution in [0, 0.1) is 0 Å². The molecule has 0 N–H and O–H groups in total. The quantitative estimate of drug-likeness (QED) is 0.792. The zero-order valence-corrected chi connectivity index (χ0v) is 11.1. The molecular formula is C14H18BrN. The minimum atomic E-state index is 0.877. The molecule has 2 bridgehead atoms. The first-order valence-electron chi connectivity index (χ1n) is 6.33. The average Bonchev–Trinajstić information content (AvgIpc) is 2.52. The van der Waals surface area contributed by atoms with Crippen LogP contribution in [-0.2, 0) is 6.54 Å². The van der Waals surface area contributed by atoms with Crippen LogP contribution < -0.4 is 0 Å².